The molecule has 5 nitrogen and oxygen atoms in total. The molecule has 0 fully saturated rings. The van der Waals surface area contributed by atoms with Crippen molar-refractivity contribution in [2.75, 3.05) is 6.61 Å². The van der Waals surface area contributed by atoms with Gasteiger partial charge in [0.25, 0.3) is 5.91 Å². The molecule has 34 heavy (non-hydrogen) atoms. The van der Waals surface area contributed by atoms with Crippen LogP contribution in [0, 0.1) is 6.92 Å². The number of benzene rings is 3. The Labute approximate surface area is 214 Å². The zero-order valence-electron chi connectivity index (χ0n) is 19.2. The monoisotopic (exact) mass is 516 g/mol. The minimum Gasteiger partial charge on any atom is -0.490 e. The predicted octanol–water partition coefficient (Wildman–Crippen LogP) is 6.91. The molecule has 1 amide bonds. The molecule has 0 aliphatic rings. The Morgan fingerprint density at radius 2 is 1.82 bits per heavy atom. The van der Waals surface area contributed by atoms with Crippen LogP contribution in [-0.2, 0) is 11.4 Å². The molecule has 0 unspecified atom stereocenters. The highest BCUT2D eigenvalue weighted by molar-refractivity contribution is 8.00. The first kappa shape index (κ1) is 25.9. The van der Waals surface area contributed by atoms with Gasteiger partial charge in [0.1, 0.15) is 6.61 Å². The fourth-order valence-electron chi connectivity index (χ4n) is 2.92. The number of nitrogens with zero attached hydrogens (tertiary/aromatic N) is 1. The number of hydrogen-bond acceptors (Lipinski definition) is 5. The molecule has 0 saturated carbocycles. The van der Waals surface area contributed by atoms with E-state index in [1.165, 1.54) is 17.3 Å². The van der Waals surface area contributed by atoms with E-state index in [1.807, 2.05) is 63.2 Å². The number of rotatable bonds is 10. The van der Waals surface area contributed by atoms with Gasteiger partial charge in [-0.25, -0.2) is 5.43 Å². The van der Waals surface area contributed by atoms with Gasteiger partial charge < -0.3 is 9.47 Å². The van der Waals surface area contributed by atoms with E-state index in [1.54, 1.807) is 24.4 Å². The number of nitrogens with one attached hydrogen (secondary N) is 1. The lowest BCUT2D eigenvalue weighted by molar-refractivity contribution is -0.120. The van der Waals surface area contributed by atoms with Crippen LogP contribution in [0.25, 0.3) is 0 Å². The van der Waals surface area contributed by atoms with Crippen LogP contribution in [0.2, 0.25) is 10.0 Å². The fraction of sp³-hybridized carbons (Fsp3) is 0.231. The maximum atomic E-state index is 12.4. The van der Waals surface area contributed by atoms with Gasteiger partial charge in [0.15, 0.2) is 11.5 Å². The van der Waals surface area contributed by atoms with Crippen LogP contribution in [-0.4, -0.2) is 24.0 Å². The van der Waals surface area contributed by atoms with Crippen molar-refractivity contribution in [1.82, 2.24) is 5.43 Å². The SMILES string of the molecule is CCOc1cc(/C=N\NC(=O)[C@@H](C)Sc2ccc(C)cc2)ccc1OCc1ccc(Cl)cc1Cl. The number of hydrazone groups is 1. The lowest BCUT2D eigenvalue weighted by Crippen LogP contribution is -2.26. The summed E-state index contributed by atoms with van der Waals surface area (Å²) in [5.74, 6) is 0.981. The van der Waals surface area contributed by atoms with Crippen molar-refractivity contribution in [2.45, 2.75) is 37.5 Å². The molecule has 8 heteroatoms. The molecule has 0 aliphatic heterocycles. The number of amides is 1. The van der Waals surface area contributed by atoms with Crippen molar-refractivity contribution in [2.24, 2.45) is 5.10 Å². The van der Waals surface area contributed by atoms with E-state index in [-0.39, 0.29) is 17.8 Å². The Morgan fingerprint density at radius 1 is 1.06 bits per heavy atom. The van der Waals surface area contributed by atoms with E-state index >= 15 is 0 Å². The molecule has 3 rings (SSSR count). The number of carbonyl (C=O) groups excluding carboxylic acids is 1. The van der Waals surface area contributed by atoms with Crippen molar-refractivity contribution >= 4 is 47.1 Å². The summed E-state index contributed by atoms with van der Waals surface area (Å²) in [5.41, 5.74) is 5.36. The standard InChI is InChI=1S/C26H26Cl2N2O3S/c1-4-32-25-13-19(7-12-24(25)33-16-20-8-9-21(27)14-23(20)28)15-29-30-26(31)18(3)34-22-10-5-17(2)6-11-22/h5-15,18H,4,16H2,1-3H3,(H,30,31)/b29-15-/t18-/m1/s1. The average Bonchev–Trinajstić information content (AvgIpc) is 2.81. The Morgan fingerprint density at radius 3 is 2.53 bits per heavy atom. The maximum absolute atomic E-state index is 12.4. The molecule has 0 saturated heterocycles. The number of halogens is 2. The first-order chi connectivity index (χ1) is 16.4. The average molecular weight is 517 g/mol. The van der Waals surface area contributed by atoms with Gasteiger partial charge in [-0.05, 0) is 68.8 Å². The van der Waals surface area contributed by atoms with Crippen LogP contribution >= 0.6 is 35.0 Å². The third-order valence-corrected chi connectivity index (χ3v) is 6.46. The molecule has 0 radical (unpaired) electrons. The zero-order valence-corrected chi connectivity index (χ0v) is 21.5. The molecule has 0 aromatic heterocycles. The van der Waals surface area contributed by atoms with Gasteiger partial charge in [0, 0.05) is 20.5 Å². The van der Waals surface area contributed by atoms with Gasteiger partial charge >= 0.3 is 0 Å². The van der Waals surface area contributed by atoms with Gasteiger partial charge in [-0.15, -0.1) is 11.8 Å². The Kier molecular flexibility index (Phi) is 9.69. The van der Waals surface area contributed by atoms with Gasteiger partial charge in [0.2, 0.25) is 0 Å². The summed E-state index contributed by atoms with van der Waals surface area (Å²) in [6.45, 7) is 6.53. The molecule has 178 valence electrons. The van der Waals surface area contributed by atoms with Crippen LogP contribution in [0.5, 0.6) is 11.5 Å². The first-order valence-corrected chi connectivity index (χ1v) is 12.4. The molecule has 0 heterocycles. The molecule has 0 bridgehead atoms. The van der Waals surface area contributed by atoms with E-state index in [0.29, 0.717) is 28.2 Å². The van der Waals surface area contributed by atoms with Gasteiger partial charge in [-0.3, -0.25) is 4.79 Å². The van der Waals surface area contributed by atoms with E-state index < -0.39 is 0 Å². The molecule has 0 aliphatic carbocycles. The third-order valence-electron chi connectivity index (χ3n) is 4.76. The largest absolute Gasteiger partial charge is 0.490 e. The van der Waals surface area contributed by atoms with Crippen molar-refractivity contribution in [3.05, 3.63) is 87.4 Å². The molecule has 1 N–H and O–H groups in total. The van der Waals surface area contributed by atoms with Crippen LogP contribution in [0.1, 0.15) is 30.5 Å². The Balaban J connectivity index is 1.60. The van der Waals surface area contributed by atoms with Crippen molar-refractivity contribution in [3.63, 3.8) is 0 Å². The number of ether oxygens (including phenoxy) is 2. The first-order valence-electron chi connectivity index (χ1n) is 10.8. The topological polar surface area (TPSA) is 59.9 Å². The van der Waals surface area contributed by atoms with Gasteiger partial charge in [0.05, 0.1) is 18.1 Å². The second kappa shape index (κ2) is 12.7. The van der Waals surface area contributed by atoms with E-state index in [0.717, 1.165) is 16.0 Å². The van der Waals surface area contributed by atoms with Crippen LogP contribution in [0.3, 0.4) is 0 Å². The summed E-state index contributed by atoms with van der Waals surface area (Å²) in [5, 5.41) is 4.93. The van der Waals surface area contributed by atoms with Gasteiger partial charge in [-0.2, -0.15) is 5.10 Å². The third kappa shape index (κ3) is 7.69. The van der Waals surface area contributed by atoms with Crippen molar-refractivity contribution in [1.29, 1.82) is 0 Å². The second-order valence-electron chi connectivity index (χ2n) is 7.47. The number of hydrogen-bond donors (Lipinski definition) is 1. The smallest absolute Gasteiger partial charge is 0.253 e. The molecule has 1 atom stereocenters. The zero-order chi connectivity index (χ0) is 24.5. The highest BCUT2D eigenvalue weighted by Crippen LogP contribution is 2.30. The van der Waals surface area contributed by atoms with Crippen LogP contribution in [0.4, 0.5) is 0 Å². The summed E-state index contributed by atoms with van der Waals surface area (Å²) < 4.78 is 11.6. The minimum atomic E-state index is -0.283. The van der Waals surface area contributed by atoms with Crippen molar-refractivity contribution in [3.8, 4) is 11.5 Å². The maximum Gasteiger partial charge on any atom is 0.253 e. The lowest BCUT2D eigenvalue weighted by Gasteiger charge is -2.13. The molecule has 0 spiro atoms. The van der Waals surface area contributed by atoms with Gasteiger partial charge in [-0.1, -0.05) is 47.0 Å². The van der Waals surface area contributed by atoms with E-state index in [2.05, 4.69) is 10.5 Å². The minimum absolute atomic E-state index is 0.174. The second-order valence-corrected chi connectivity index (χ2v) is 9.73. The Hall–Kier alpha value is -2.67. The molecule has 3 aromatic rings. The summed E-state index contributed by atoms with van der Waals surface area (Å²) in [6.07, 6.45) is 1.57. The van der Waals surface area contributed by atoms with E-state index in [9.17, 15) is 4.79 Å². The van der Waals surface area contributed by atoms with Crippen LogP contribution in [0.15, 0.2) is 70.7 Å². The summed E-state index contributed by atoms with van der Waals surface area (Å²) in [4.78, 5) is 13.4. The predicted molar refractivity (Wildman–Crippen MR) is 141 cm³/mol. The number of aryl methyl sites for hydroxylation is 1. The quantitative estimate of drug-likeness (QED) is 0.180. The van der Waals surface area contributed by atoms with Crippen LogP contribution < -0.4 is 14.9 Å². The Bertz CT molecular complexity index is 1150. The van der Waals surface area contributed by atoms with E-state index in [4.69, 9.17) is 32.7 Å². The summed E-state index contributed by atoms with van der Waals surface area (Å²) >= 11 is 13.7. The molecular weight excluding hydrogens is 491 g/mol. The lowest BCUT2D eigenvalue weighted by atomic mass is 10.2. The molecule has 3 aromatic carbocycles. The van der Waals surface area contributed by atoms with Crippen molar-refractivity contribution < 1.29 is 14.3 Å². The summed E-state index contributed by atoms with van der Waals surface area (Å²) in [7, 11) is 0. The number of carbonyl (C=O) groups is 1. The normalized spacial score (nSPS) is 11.9. The highest BCUT2D eigenvalue weighted by atomic mass is 35.5. The summed E-state index contributed by atoms with van der Waals surface area (Å²) in [6, 6.07) is 18.8. The fourth-order valence-corrected chi connectivity index (χ4v) is 4.25. The highest BCUT2D eigenvalue weighted by Gasteiger charge is 2.14. The number of thioether (sulfide) groups is 1. The molecular formula is C26H26Cl2N2O3S.